The third kappa shape index (κ3) is 3.05. The molecule has 2 heterocycles. The van der Waals surface area contributed by atoms with Gasteiger partial charge in [-0.1, -0.05) is 30.3 Å². The minimum Gasteiger partial charge on any atom is -0.330 e. The third-order valence-corrected chi connectivity index (χ3v) is 3.06. The number of imidazole rings is 1. The SMILES string of the molecule is Cl.Cl.c1ccc(Cn2cnc3c2CCNC3)cc1. The van der Waals surface area contributed by atoms with Crippen molar-refractivity contribution in [1.82, 2.24) is 14.9 Å². The molecule has 1 aromatic carbocycles. The molecule has 1 aromatic heterocycles. The Morgan fingerprint density at radius 3 is 2.72 bits per heavy atom. The van der Waals surface area contributed by atoms with Gasteiger partial charge in [-0.3, -0.25) is 0 Å². The molecule has 0 radical (unpaired) electrons. The Bertz CT molecular complexity index is 482. The molecule has 0 amide bonds. The summed E-state index contributed by atoms with van der Waals surface area (Å²) >= 11 is 0. The van der Waals surface area contributed by atoms with Crippen molar-refractivity contribution in [2.24, 2.45) is 0 Å². The summed E-state index contributed by atoms with van der Waals surface area (Å²) in [5, 5.41) is 3.34. The topological polar surface area (TPSA) is 29.9 Å². The van der Waals surface area contributed by atoms with Crippen molar-refractivity contribution in [1.29, 1.82) is 0 Å². The maximum absolute atomic E-state index is 4.45. The Hall–Kier alpha value is -1.03. The van der Waals surface area contributed by atoms with Crippen LogP contribution in [0.15, 0.2) is 36.7 Å². The van der Waals surface area contributed by atoms with Crippen LogP contribution in [0.5, 0.6) is 0 Å². The lowest BCUT2D eigenvalue weighted by Crippen LogP contribution is -2.25. The largest absolute Gasteiger partial charge is 0.330 e. The van der Waals surface area contributed by atoms with Gasteiger partial charge < -0.3 is 9.88 Å². The summed E-state index contributed by atoms with van der Waals surface area (Å²) in [7, 11) is 0. The quantitative estimate of drug-likeness (QED) is 0.919. The second-order valence-corrected chi connectivity index (χ2v) is 4.18. The lowest BCUT2D eigenvalue weighted by atomic mass is 10.1. The van der Waals surface area contributed by atoms with Crippen LogP contribution in [0.25, 0.3) is 0 Å². The Labute approximate surface area is 119 Å². The highest BCUT2D eigenvalue weighted by molar-refractivity contribution is 5.85. The molecule has 0 bridgehead atoms. The molecule has 3 rings (SSSR count). The van der Waals surface area contributed by atoms with Gasteiger partial charge >= 0.3 is 0 Å². The number of aromatic nitrogens is 2. The van der Waals surface area contributed by atoms with E-state index in [0.717, 1.165) is 26.1 Å². The fourth-order valence-electron chi connectivity index (χ4n) is 2.21. The Morgan fingerprint density at radius 1 is 1.17 bits per heavy atom. The second kappa shape index (κ2) is 6.78. The molecule has 0 aliphatic carbocycles. The Morgan fingerprint density at radius 2 is 1.94 bits per heavy atom. The van der Waals surface area contributed by atoms with Crippen molar-refractivity contribution in [3.63, 3.8) is 0 Å². The minimum atomic E-state index is 0. The van der Waals surface area contributed by atoms with Crippen LogP contribution in [0.4, 0.5) is 0 Å². The van der Waals surface area contributed by atoms with E-state index >= 15 is 0 Å². The molecule has 0 saturated carbocycles. The summed E-state index contributed by atoms with van der Waals surface area (Å²) in [6, 6.07) is 10.5. The number of nitrogens with zero attached hydrogens (tertiary/aromatic N) is 2. The van der Waals surface area contributed by atoms with E-state index in [1.807, 2.05) is 6.33 Å². The molecule has 0 spiro atoms. The van der Waals surface area contributed by atoms with Crippen molar-refractivity contribution in [3.8, 4) is 0 Å². The van der Waals surface area contributed by atoms with Crippen LogP contribution in [0.3, 0.4) is 0 Å². The summed E-state index contributed by atoms with van der Waals surface area (Å²) in [6.45, 7) is 2.91. The van der Waals surface area contributed by atoms with E-state index in [1.165, 1.54) is 17.0 Å². The van der Waals surface area contributed by atoms with E-state index in [0.29, 0.717) is 0 Å². The van der Waals surface area contributed by atoms with Crippen LogP contribution in [0.1, 0.15) is 17.0 Å². The van der Waals surface area contributed by atoms with Gasteiger partial charge in [0.2, 0.25) is 0 Å². The molecule has 18 heavy (non-hydrogen) atoms. The lowest BCUT2D eigenvalue weighted by molar-refractivity contribution is 0.602. The van der Waals surface area contributed by atoms with Gasteiger partial charge in [-0.25, -0.2) is 4.98 Å². The normalized spacial score (nSPS) is 13.1. The van der Waals surface area contributed by atoms with E-state index in [1.54, 1.807) is 0 Å². The van der Waals surface area contributed by atoms with Crippen molar-refractivity contribution in [2.45, 2.75) is 19.5 Å². The number of hydrogen-bond acceptors (Lipinski definition) is 2. The number of hydrogen-bond donors (Lipinski definition) is 1. The summed E-state index contributed by atoms with van der Waals surface area (Å²) in [6.07, 6.45) is 3.05. The van der Waals surface area contributed by atoms with Crippen LogP contribution in [-0.2, 0) is 19.5 Å². The van der Waals surface area contributed by atoms with Crippen molar-refractivity contribution in [3.05, 3.63) is 53.6 Å². The summed E-state index contributed by atoms with van der Waals surface area (Å²) in [5.74, 6) is 0. The molecule has 2 aromatic rings. The Balaban J connectivity index is 0.000000810. The number of fused-ring (bicyclic) bond motifs is 1. The highest BCUT2D eigenvalue weighted by Crippen LogP contribution is 2.14. The highest BCUT2D eigenvalue weighted by atomic mass is 35.5. The van der Waals surface area contributed by atoms with Gasteiger partial charge in [0.05, 0.1) is 12.0 Å². The molecule has 5 heteroatoms. The zero-order valence-corrected chi connectivity index (χ0v) is 11.6. The first kappa shape index (κ1) is 15.0. The smallest absolute Gasteiger partial charge is 0.0955 e. The maximum atomic E-state index is 4.45. The average molecular weight is 286 g/mol. The van der Waals surface area contributed by atoms with E-state index in [2.05, 4.69) is 45.2 Å². The van der Waals surface area contributed by atoms with Crippen LogP contribution >= 0.6 is 24.8 Å². The van der Waals surface area contributed by atoms with Crippen LogP contribution in [-0.4, -0.2) is 16.1 Å². The predicted octanol–water partition coefficient (Wildman–Crippen LogP) is 2.42. The van der Waals surface area contributed by atoms with Gasteiger partial charge in [-0.2, -0.15) is 0 Å². The van der Waals surface area contributed by atoms with Gasteiger partial charge in [0.15, 0.2) is 0 Å². The first-order valence-corrected chi connectivity index (χ1v) is 5.71. The number of rotatable bonds is 2. The minimum absolute atomic E-state index is 0. The molecule has 98 valence electrons. The van der Waals surface area contributed by atoms with Crippen LogP contribution in [0.2, 0.25) is 0 Å². The number of nitrogens with one attached hydrogen (secondary N) is 1. The van der Waals surface area contributed by atoms with Crippen molar-refractivity contribution >= 4 is 24.8 Å². The van der Waals surface area contributed by atoms with Gasteiger partial charge in [0.1, 0.15) is 0 Å². The van der Waals surface area contributed by atoms with Gasteiger partial charge in [-0.15, -0.1) is 24.8 Å². The fraction of sp³-hybridized carbons (Fsp3) is 0.308. The molecular weight excluding hydrogens is 269 g/mol. The highest BCUT2D eigenvalue weighted by Gasteiger charge is 2.14. The number of benzene rings is 1. The average Bonchev–Trinajstić information content (AvgIpc) is 2.74. The Kier molecular flexibility index (Phi) is 5.66. The first-order valence-electron chi connectivity index (χ1n) is 5.71. The van der Waals surface area contributed by atoms with Crippen LogP contribution in [0, 0.1) is 0 Å². The zero-order valence-electron chi connectivity index (χ0n) is 10.0. The van der Waals surface area contributed by atoms with Gasteiger partial charge in [-0.05, 0) is 5.56 Å². The molecule has 0 saturated heterocycles. The molecule has 1 aliphatic heterocycles. The van der Waals surface area contributed by atoms with Gasteiger partial charge in [0, 0.05) is 31.7 Å². The lowest BCUT2D eigenvalue weighted by Gasteiger charge is -2.15. The van der Waals surface area contributed by atoms with Crippen LogP contribution < -0.4 is 5.32 Å². The second-order valence-electron chi connectivity index (χ2n) is 4.18. The number of halogens is 2. The first-order chi connectivity index (χ1) is 7.93. The van der Waals surface area contributed by atoms with Gasteiger partial charge in [0.25, 0.3) is 0 Å². The monoisotopic (exact) mass is 285 g/mol. The molecular formula is C13H17Cl2N3. The van der Waals surface area contributed by atoms with E-state index in [4.69, 9.17) is 0 Å². The third-order valence-electron chi connectivity index (χ3n) is 3.06. The molecule has 3 nitrogen and oxygen atoms in total. The standard InChI is InChI=1S/C13H15N3.2ClH/c1-2-4-11(5-3-1)9-16-10-15-12-8-14-7-6-13(12)16;;/h1-5,10,14H,6-9H2;2*1H. The fourth-order valence-corrected chi connectivity index (χ4v) is 2.21. The summed E-state index contributed by atoms with van der Waals surface area (Å²) in [5.41, 5.74) is 3.94. The summed E-state index contributed by atoms with van der Waals surface area (Å²) in [4.78, 5) is 4.45. The molecule has 1 N–H and O–H groups in total. The van der Waals surface area contributed by atoms with Crippen molar-refractivity contribution in [2.75, 3.05) is 6.54 Å². The molecule has 1 aliphatic rings. The maximum Gasteiger partial charge on any atom is 0.0955 e. The van der Waals surface area contributed by atoms with E-state index < -0.39 is 0 Å². The van der Waals surface area contributed by atoms with E-state index in [-0.39, 0.29) is 24.8 Å². The van der Waals surface area contributed by atoms with Crippen molar-refractivity contribution < 1.29 is 0 Å². The molecule has 0 fully saturated rings. The molecule has 0 atom stereocenters. The predicted molar refractivity (Wildman–Crippen MR) is 77.7 cm³/mol. The zero-order chi connectivity index (χ0) is 10.8. The molecule has 0 unspecified atom stereocenters. The van der Waals surface area contributed by atoms with E-state index in [9.17, 15) is 0 Å². The summed E-state index contributed by atoms with van der Waals surface area (Å²) < 4.78 is 2.27.